The van der Waals surface area contributed by atoms with E-state index in [2.05, 4.69) is 4.89 Å². The van der Waals surface area contributed by atoms with Crippen molar-refractivity contribution in [3.05, 3.63) is 0 Å². The van der Waals surface area contributed by atoms with E-state index in [1.165, 1.54) is 0 Å². The molecule has 0 amide bonds. The molecule has 0 fully saturated rings. The summed E-state index contributed by atoms with van der Waals surface area (Å²) in [6.07, 6.45) is -1.83. The van der Waals surface area contributed by atoms with Crippen LogP contribution in [0, 0.1) is 0 Å². The summed E-state index contributed by atoms with van der Waals surface area (Å²) in [6, 6.07) is 0. The Morgan fingerprint density at radius 2 is 1.36 bits per heavy atom. The van der Waals surface area contributed by atoms with E-state index in [1.54, 1.807) is 20.8 Å². The van der Waals surface area contributed by atoms with Gasteiger partial charge in [0.1, 0.15) is 0 Å². The molecule has 6 N–H and O–H groups in total. The molecular weight excluding hydrogens is 154 g/mol. The molecule has 0 heterocycles. The average molecular weight is 169 g/mol. The molecule has 0 aromatic heterocycles. The lowest BCUT2D eigenvalue weighted by Gasteiger charge is -2.10. The molecule has 0 saturated heterocycles. The van der Waals surface area contributed by atoms with Crippen molar-refractivity contribution in [2.24, 2.45) is 0 Å². The van der Waals surface area contributed by atoms with Gasteiger partial charge in [0, 0.05) is 0 Å². The van der Waals surface area contributed by atoms with E-state index in [1.807, 2.05) is 0 Å². The molecule has 0 spiro atoms. The van der Waals surface area contributed by atoms with Crippen LogP contribution in [0.5, 0.6) is 0 Å². The molecule has 0 rings (SSSR count). The minimum absolute atomic E-state index is 0. The van der Waals surface area contributed by atoms with E-state index >= 15 is 0 Å². The number of hydrogen-bond acceptors (Lipinski definition) is 4. The first-order valence-corrected chi connectivity index (χ1v) is 2.54. The lowest BCUT2D eigenvalue weighted by Crippen LogP contribution is -2.15. The zero-order valence-electron chi connectivity index (χ0n) is 6.87. The van der Waals surface area contributed by atoms with Crippen molar-refractivity contribution in [1.29, 1.82) is 0 Å². The van der Waals surface area contributed by atoms with Crippen molar-refractivity contribution >= 4 is 6.16 Å². The van der Waals surface area contributed by atoms with E-state index in [0.717, 1.165) is 0 Å². The van der Waals surface area contributed by atoms with E-state index in [0.29, 0.717) is 0 Å². The zero-order chi connectivity index (χ0) is 8.78. The maximum absolute atomic E-state index is 8.56. The number of hydrogen-bond donors (Lipinski definition) is 4. The maximum atomic E-state index is 8.56. The zero-order valence-corrected chi connectivity index (χ0v) is 6.87. The number of carboxylic acid groups (broad SMARTS) is 2. The normalized spacial score (nSPS) is 8.73. The van der Waals surface area contributed by atoms with Gasteiger partial charge in [-0.05, 0) is 20.8 Å². The van der Waals surface area contributed by atoms with Crippen LogP contribution in [0.1, 0.15) is 20.8 Å². The van der Waals surface area contributed by atoms with Gasteiger partial charge in [0.05, 0.1) is 5.60 Å². The first-order valence-electron chi connectivity index (χ1n) is 2.54. The van der Waals surface area contributed by atoms with Gasteiger partial charge in [-0.2, -0.15) is 0 Å². The predicted octanol–water partition coefficient (Wildman–Crippen LogP) is 1.66. The molecule has 0 radical (unpaired) electrons. The lowest BCUT2D eigenvalue weighted by molar-refractivity contribution is -0.306. The van der Waals surface area contributed by atoms with Gasteiger partial charge >= 0.3 is 6.16 Å². The van der Waals surface area contributed by atoms with Gasteiger partial charge in [-0.25, -0.2) is 9.68 Å². The van der Waals surface area contributed by atoms with Crippen LogP contribution in [0.3, 0.4) is 0 Å². The molecule has 0 aromatic rings. The van der Waals surface area contributed by atoms with Gasteiger partial charge in [-0.1, -0.05) is 0 Å². The van der Waals surface area contributed by atoms with Crippen molar-refractivity contribution < 1.29 is 25.2 Å². The fraction of sp³-hybridized carbons (Fsp3) is 0.800. The second-order valence-electron chi connectivity index (χ2n) is 2.49. The largest absolute Gasteiger partial charge is 0.503 e. The third-order valence-corrected chi connectivity index (χ3v) is 0.274. The summed E-state index contributed by atoms with van der Waals surface area (Å²) in [5.74, 6) is 0. The van der Waals surface area contributed by atoms with Crippen LogP contribution < -0.4 is 6.15 Å². The van der Waals surface area contributed by atoms with Crippen LogP contribution in [0.25, 0.3) is 0 Å². The quantitative estimate of drug-likeness (QED) is 0.323. The monoisotopic (exact) mass is 169 g/mol. The summed E-state index contributed by atoms with van der Waals surface area (Å²) in [6.45, 7) is 5.31. The number of carbonyl (C=O) groups is 1. The van der Waals surface area contributed by atoms with Crippen LogP contribution in [0.2, 0.25) is 0 Å². The standard InChI is InChI=1S/C4H10O2.CH2O3.H3N/c1-4(2,3)6-5;2-1(3)4;/h5H,1-3H3;(H2,2,3,4);1H3. The SMILES string of the molecule is CC(C)(C)OO.N.O=C(O)O. The highest BCUT2D eigenvalue weighted by atomic mass is 17.1. The van der Waals surface area contributed by atoms with E-state index in [4.69, 9.17) is 20.3 Å². The molecule has 0 unspecified atom stereocenters. The molecule has 0 bridgehead atoms. The van der Waals surface area contributed by atoms with Crippen LogP contribution in [-0.4, -0.2) is 27.2 Å². The van der Waals surface area contributed by atoms with Crippen molar-refractivity contribution in [3.63, 3.8) is 0 Å². The highest BCUT2D eigenvalue weighted by molar-refractivity contribution is 5.53. The third-order valence-electron chi connectivity index (χ3n) is 0.274. The molecule has 0 aromatic carbocycles. The highest BCUT2D eigenvalue weighted by Crippen LogP contribution is 2.01. The third kappa shape index (κ3) is 101. The van der Waals surface area contributed by atoms with Crippen molar-refractivity contribution in [1.82, 2.24) is 6.15 Å². The van der Waals surface area contributed by atoms with Crippen LogP contribution >= 0.6 is 0 Å². The van der Waals surface area contributed by atoms with Gasteiger partial charge < -0.3 is 16.4 Å². The lowest BCUT2D eigenvalue weighted by atomic mass is 10.2. The molecule has 0 aliphatic heterocycles. The highest BCUT2D eigenvalue weighted by Gasteiger charge is 2.06. The molecular formula is C5H15NO5. The summed E-state index contributed by atoms with van der Waals surface area (Å²) in [7, 11) is 0. The van der Waals surface area contributed by atoms with Gasteiger partial charge in [0.2, 0.25) is 0 Å². The minimum Gasteiger partial charge on any atom is -0.450 e. The summed E-state index contributed by atoms with van der Waals surface area (Å²) < 4.78 is 0. The Labute approximate surface area is 64.9 Å². The molecule has 6 nitrogen and oxygen atoms in total. The second-order valence-corrected chi connectivity index (χ2v) is 2.49. The molecule has 0 aliphatic carbocycles. The van der Waals surface area contributed by atoms with Crippen LogP contribution in [-0.2, 0) is 4.89 Å². The summed E-state index contributed by atoms with van der Waals surface area (Å²) in [4.78, 5) is 12.5. The summed E-state index contributed by atoms with van der Waals surface area (Å²) in [5.41, 5.74) is -0.403. The van der Waals surface area contributed by atoms with Gasteiger partial charge in [0.25, 0.3) is 0 Å². The summed E-state index contributed by atoms with van der Waals surface area (Å²) in [5, 5.41) is 21.8. The topological polar surface area (TPSA) is 122 Å². The fourth-order valence-electron chi connectivity index (χ4n) is 0. The molecule has 6 heteroatoms. The second kappa shape index (κ2) is 7.26. The van der Waals surface area contributed by atoms with Crippen molar-refractivity contribution in [2.75, 3.05) is 0 Å². The molecule has 70 valence electrons. The molecule has 11 heavy (non-hydrogen) atoms. The predicted molar refractivity (Wildman–Crippen MR) is 39.1 cm³/mol. The van der Waals surface area contributed by atoms with E-state index in [-0.39, 0.29) is 6.15 Å². The van der Waals surface area contributed by atoms with Gasteiger partial charge in [-0.15, -0.1) is 0 Å². The van der Waals surface area contributed by atoms with Crippen molar-refractivity contribution in [2.45, 2.75) is 26.4 Å². The fourth-order valence-corrected chi connectivity index (χ4v) is 0. The Bertz CT molecular complexity index is 93.5. The minimum atomic E-state index is -1.83. The van der Waals surface area contributed by atoms with Crippen LogP contribution in [0.4, 0.5) is 4.79 Å². The molecule has 0 atom stereocenters. The smallest absolute Gasteiger partial charge is 0.450 e. The Balaban J connectivity index is -0.000000114. The first kappa shape index (κ1) is 16.6. The maximum Gasteiger partial charge on any atom is 0.503 e. The van der Waals surface area contributed by atoms with E-state index < -0.39 is 11.8 Å². The van der Waals surface area contributed by atoms with Gasteiger partial charge in [0.15, 0.2) is 0 Å². The average Bonchev–Trinajstić information content (AvgIpc) is 1.63. The van der Waals surface area contributed by atoms with Crippen LogP contribution in [0.15, 0.2) is 0 Å². The Morgan fingerprint density at radius 1 is 1.27 bits per heavy atom. The van der Waals surface area contributed by atoms with Gasteiger partial charge in [-0.3, -0.25) is 5.26 Å². The molecule has 0 saturated carbocycles. The Hall–Kier alpha value is -0.850. The molecule has 0 aliphatic rings. The first-order chi connectivity index (χ1) is 4.29. The van der Waals surface area contributed by atoms with E-state index in [9.17, 15) is 0 Å². The Kier molecular flexibility index (Phi) is 11.0. The van der Waals surface area contributed by atoms with Crippen molar-refractivity contribution in [3.8, 4) is 0 Å². The summed E-state index contributed by atoms with van der Waals surface area (Å²) >= 11 is 0. The Morgan fingerprint density at radius 3 is 1.36 bits per heavy atom. The number of rotatable bonds is 0.